The number of halogens is 1. The summed E-state index contributed by atoms with van der Waals surface area (Å²) in [6, 6.07) is 13.1. The maximum absolute atomic E-state index is 13.2. The third-order valence-electron chi connectivity index (χ3n) is 5.55. The van der Waals surface area contributed by atoms with Crippen LogP contribution in [0.2, 0.25) is 0 Å². The molecule has 1 saturated heterocycles. The highest BCUT2D eigenvalue weighted by Crippen LogP contribution is 2.41. The van der Waals surface area contributed by atoms with Crippen LogP contribution in [0.25, 0.3) is 5.76 Å². The Morgan fingerprint density at radius 2 is 1.84 bits per heavy atom. The van der Waals surface area contributed by atoms with E-state index in [1.165, 1.54) is 23.3 Å². The first-order chi connectivity index (χ1) is 15.5. The number of nitrogens with zero attached hydrogens (tertiary/aromatic N) is 1. The van der Waals surface area contributed by atoms with Crippen LogP contribution in [-0.4, -0.2) is 35.0 Å². The monoisotopic (exact) mass is 435 g/mol. The molecule has 0 bridgehead atoms. The summed E-state index contributed by atoms with van der Waals surface area (Å²) >= 11 is 0. The van der Waals surface area contributed by atoms with E-state index in [-0.39, 0.29) is 30.5 Å². The Hall–Kier alpha value is -4.07. The average Bonchev–Trinajstić information content (AvgIpc) is 3.54. The first-order valence-electron chi connectivity index (χ1n) is 9.99. The smallest absolute Gasteiger partial charge is 0.295 e. The molecule has 0 radical (unpaired) electrons. The molecule has 3 aromatic rings. The normalized spacial score (nSPS) is 19.0. The molecule has 1 aromatic heterocycles. The summed E-state index contributed by atoms with van der Waals surface area (Å²) in [5, 5.41) is 11.0. The second-order valence-corrected chi connectivity index (χ2v) is 7.45. The molecule has 5 rings (SSSR count). The van der Waals surface area contributed by atoms with E-state index in [4.69, 9.17) is 13.9 Å². The quantitative estimate of drug-likeness (QED) is 0.372. The second-order valence-electron chi connectivity index (χ2n) is 7.45. The lowest BCUT2D eigenvalue weighted by atomic mass is 9.99. The van der Waals surface area contributed by atoms with Gasteiger partial charge in [-0.1, -0.05) is 12.1 Å². The number of aliphatic hydroxyl groups is 1. The molecule has 1 atom stereocenters. The number of carbonyl (C=O) groups is 2. The molecule has 1 fully saturated rings. The third-order valence-corrected chi connectivity index (χ3v) is 5.55. The summed E-state index contributed by atoms with van der Waals surface area (Å²) in [5.41, 5.74) is 1.06. The molecule has 0 saturated carbocycles. The summed E-state index contributed by atoms with van der Waals surface area (Å²) in [7, 11) is 0. The zero-order chi connectivity index (χ0) is 22.2. The number of ether oxygens (including phenoxy) is 2. The van der Waals surface area contributed by atoms with Crippen molar-refractivity contribution in [3.63, 3.8) is 0 Å². The van der Waals surface area contributed by atoms with Gasteiger partial charge in [0.15, 0.2) is 11.5 Å². The van der Waals surface area contributed by atoms with E-state index in [9.17, 15) is 19.1 Å². The predicted octanol–water partition coefficient (Wildman–Crippen LogP) is 3.81. The molecule has 1 amide bonds. The van der Waals surface area contributed by atoms with Gasteiger partial charge < -0.3 is 23.9 Å². The van der Waals surface area contributed by atoms with Crippen LogP contribution in [0.15, 0.2) is 70.9 Å². The van der Waals surface area contributed by atoms with Gasteiger partial charge in [0.1, 0.15) is 23.4 Å². The Morgan fingerprint density at radius 3 is 2.59 bits per heavy atom. The second kappa shape index (κ2) is 7.88. The van der Waals surface area contributed by atoms with E-state index in [0.717, 1.165) is 5.56 Å². The van der Waals surface area contributed by atoms with E-state index >= 15 is 0 Å². The van der Waals surface area contributed by atoms with Crippen LogP contribution in [0.5, 0.6) is 11.5 Å². The highest BCUT2D eigenvalue weighted by Gasteiger charge is 2.47. The van der Waals surface area contributed by atoms with E-state index < -0.39 is 17.7 Å². The Morgan fingerprint density at radius 1 is 1.06 bits per heavy atom. The van der Waals surface area contributed by atoms with Crippen LogP contribution in [0.1, 0.15) is 22.9 Å². The van der Waals surface area contributed by atoms with Crippen molar-refractivity contribution >= 4 is 17.4 Å². The molecule has 1 unspecified atom stereocenters. The number of aliphatic hydroxyl groups excluding tert-OH is 1. The number of hydrogen-bond donors (Lipinski definition) is 1. The largest absolute Gasteiger partial charge is 0.507 e. The minimum absolute atomic E-state index is 0.0667. The van der Waals surface area contributed by atoms with Gasteiger partial charge in [-0.15, -0.1) is 0 Å². The molecule has 0 spiro atoms. The predicted molar refractivity (Wildman–Crippen MR) is 110 cm³/mol. The van der Waals surface area contributed by atoms with Crippen molar-refractivity contribution in [3.8, 4) is 11.5 Å². The fourth-order valence-electron chi connectivity index (χ4n) is 3.95. The van der Waals surface area contributed by atoms with Gasteiger partial charge in [-0.2, -0.15) is 0 Å². The number of furan rings is 1. The summed E-state index contributed by atoms with van der Waals surface area (Å²) in [4.78, 5) is 27.2. The molecule has 2 aliphatic heterocycles. The number of likely N-dealkylation sites (tertiary alicyclic amines) is 1. The zero-order valence-corrected chi connectivity index (χ0v) is 16.8. The van der Waals surface area contributed by atoms with Gasteiger partial charge in [0.05, 0.1) is 11.8 Å². The Bertz CT molecular complexity index is 1220. The number of benzene rings is 2. The van der Waals surface area contributed by atoms with Crippen LogP contribution in [0.3, 0.4) is 0 Å². The maximum atomic E-state index is 13.2. The standard InChI is InChI=1S/C24H18FNO6/c25-16-6-3-14(4-7-16)9-10-26-21(18-2-1-11-30-18)20(23(28)24(26)29)22(27)15-5-8-17-19(12-15)32-13-31-17/h1-8,11-12,21,27H,9-10,13H2/b22-20-. The molecule has 2 aliphatic rings. The topological polar surface area (TPSA) is 89.2 Å². The van der Waals surface area contributed by atoms with Crippen molar-refractivity contribution in [1.29, 1.82) is 0 Å². The van der Waals surface area contributed by atoms with Gasteiger partial charge in [-0.25, -0.2) is 4.39 Å². The fraction of sp³-hybridized carbons (Fsp3) is 0.167. The van der Waals surface area contributed by atoms with Gasteiger partial charge in [0, 0.05) is 12.1 Å². The summed E-state index contributed by atoms with van der Waals surface area (Å²) in [5.74, 6) is -0.902. The fourth-order valence-corrected chi connectivity index (χ4v) is 3.95. The lowest BCUT2D eigenvalue weighted by Gasteiger charge is -2.23. The Balaban J connectivity index is 1.52. The molecule has 162 valence electrons. The number of hydrogen-bond acceptors (Lipinski definition) is 6. The van der Waals surface area contributed by atoms with E-state index in [0.29, 0.717) is 29.2 Å². The molecule has 0 aliphatic carbocycles. The van der Waals surface area contributed by atoms with Gasteiger partial charge in [0.25, 0.3) is 11.7 Å². The number of Topliss-reactive ketones (excluding diaryl/α,β-unsaturated/α-hetero) is 1. The number of ketones is 1. The van der Waals surface area contributed by atoms with Crippen molar-refractivity contribution < 1.29 is 33.0 Å². The minimum Gasteiger partial charge on any atom is -0.507 e. The van der Waals surface area contributed by atoms with Crippen LogP contribution in [0.4, 0.5) is 4.39 Å². The molecule has 1 N–H and O–H groups in total. The lowest BCUT2D eigenvalue weighted by molar-refractivity contribution is -0.140. The van der Waals surface area contributed by atoms with E-state index in [1.807, 2.05) is 0 Å². The molecule has 7 nitrogen and oxygen atoms in total. The van der Waals surface area contributed by atoms with Gasteiger partial charge >= 0.3 is 0 Å². The number of amides is 1. The first kappa shape index (κ1) is 19.9. The minimum atomic E-state index is -0.893. The van der Waals surface area contributed by atoms with Crippen molar-refractivity contribution in [2.24, 2.45) is 0 Å². The Labute approximate surface area is 182 Å². The van der Waals surface area contributed by atoms with Crippen LogP contribution < -0.4 is 9.47 Å². The van der Waals surface area contributed by atoms with Crippen LogP contribution in [-0.2, 0) is 16.0 Å². The number of carbonyl (C=O) groups excluding carboxylic acids is 2. The van der Waals surface area contributed by atoms with Crippen molar-refractivity contribution in [2.45, 2.75) is 12.5 Å². The van der Waals surface area contributed by atoms with Crippen molar-refractivity contribution in [3.05, 3.63) is 89.1 Å². The Kier molecular flexibility index (Phi) is 4.89. The first-order valence-corrected chi connectivity index (χ1v) is 9.99. The van der Waals surface area contributed by atoms with E-state index in [1.54, 1.807) is 42.5 Å². The highest BCUT2D eigenvalue weighted by atomic mass is 19.1. The molecule has 3 heterocycles. The lowest BCUT2D eigenvalue weighted by Crippen LogP contribution is -2.31. The van der Waals surface area contributed by atoms with Crippen molar-refractivity contribution in [1.82, 2.24) is 4.90 Å². The van der Waals surface area contributed by atoms with Gasteiger partial charge in [-0.05, 0) is 54.4 Å². The number of fused-ring (bicyclic) bond motifs is 1. The third kappa shape index (κ3) is 3.39. The molecular weight excluding hydrogens is 417 g/mol. The van der Waals surface area contributed by atoms with Gasteiger partial charge in [-0.3, -0.25) is 9.59 Å². The van der Waals surface area contributed by atoms with Crippen molar-refractivity contribution in [2.75, 3.05) is 13.3 Å². The molecule has 2 aromatic carbocycles. The number of rotatable bonds is 5. The summed E-state index contributed by atoms with van der Waals surface area (Å²) in [6.07, 6.45) is 1.84. The maximum Gasteiger partial charge on any atom is 0.295 e. The average molecular weight is 435 g/mol. The van der Waals surface area contributed by atoms with Crippen LogP contribution in [0, 0.1) is 5.82 Å². The van der Waals surface area contributed by atoms with E-state index in [2.05, 4.69) is 0 Å². The highest BCUT2D eigenvalue weighted by molar-refractivity contribution is 6.46. The molecule has 32 heavy (non-hydrogen) atoms. The molecular formula is C24H18FNO6. The van der Waals surface area contributed by atoms with Crippen LogP contribution >= 0.6 is 0 Å². The zero-order valence-electron chi connectivity index (χ0n) is 16.8. The van der Waals surface area contributed by atoms with Gasteiger partial charge in [0.2, 0.25) is 6.79 Å². The summed E-state index contributed by atoms with van der Waals surface area (Å²) < 4.78 is 29.4. The SMILES string of the molecule is O=C1C(=O)N(CCc2ccc(F)cc2)C(c2ccco2)/C1=C(/O)c1ccc2c(c1)OCO2. The summed E-state index contributed by atoms with van der Waals surface area (Å²) in [6.45, 7) is 0.249. The molecule has 8 heteroatoms.